The highest BCUT2D eigenvalue weighted by Crippen LogP contribution is 2.40. The average molecular weight is 439 g/mol. The largest absolute Gasteiger partial charge is 0.344 e. The van der Waals surface area contributed by atoms with E-state index in [1.807, 2.05) is 42.3 Å². The van der Waals surface area contributed by atoms with E-state index in [1.165, 1.54) is 4.31 Å². The van der Waals surface area contributed by atoms with E-state index in [2.05, 4.69) is 26.5 Å². The average Bonchev–Trinajstić information content (AvgIpc) is 3.34. The molecule has 31 heavy (non-hydrogen) atoms. The summed E-state index contributed by atoms with van der Waals surface area (Å²) in [7, 11) is -1.40. The number of nitriles is 1. The van der Waals surface area contributed by atoms with E-state index < -0.39 is 15.6 Å². The predicted molar refractivity (Wildman–Crippen MR) is 114 cm³/mol. The van der Waals surface area contributed by atoms with E-state index in [9.17, 15) is 13.7 Å². The number of aryl methyl sites for hydroxylation is 1. The monoisotopic (exact) mass is 438 g/mol. The van der Waals surface area contributed by atoms with Crippen LogP contribution in [0.2, 0.25) is 0 Å². The van der Waals surface area contributed by atoms with Crippen molar-refractivity contribution in [3.8, 4) is 17.3 Å². The van der Waals surface area contributed by atoms with Gasteiger partial charge in [-0.25, -0.2) is 18.4 Å². The Morgan fingerprint density at radius 1 is 1.29 bits per heavy atom. The second-order valence-corrected chi connectivity index (χ2v) is 10.4. The number of hydrogen-bond donors (Lipinski definition) is 1. The number of nitrogens with one attached hydrogen (secondary N) is 1. The molecule has 2 aliphatic rings. The van der Waals surface area contributed by atoms with Crippen molar-refractivity contribution < 1.29 is 8.42 Å². The van der Waals surface area contributed by atoms with Gasteiger partial charge in [-0.15, -0.1) is 0 Å². The van der Waals surface area contributed by atoms with E-state index in [1.54, 1.807) is 17.1 Å². The fourth-order valence-corrected chi connectivity index (χ4v) is 5.91. The van der Waals surface area contributed by atoms with Crippen molar-refractivity contribution in [3.05, 3.63) is 43.1 Å². The molecule has 0 aromatic carbocycles. The molecule has 0 bridgehead atoms. The van der Waals surface area contributed by atoms with E-state index in [0.717, 1.165) is 29.8 Å². The minimum absolute atomic E-state index is 0.237. The highest BCUT2D eigenvalue weighted by molar-refractivity contribution is 7.90. The van der Waals surface area contributed by atoms with Crippen molar-refractivity contribution in [2.75, 3.05) is 18.4 Å². The summed E-state index contributed by atoms with van der Waals surface area (Å²) in [5.74, 6) is 0.454. The summed E-state index contributed by atoms with van der Waals surface area (Å²) in [6, 6.07) is 5.97. The van der Waals surface area contributed by atoms with Gasteiger partial charge in [0.1, 0.15) is 0 Å². The van der Waals surface area contributed by atoms with Gasteiger partial charge >= 0.3 is 0 Å². The fraction of sp³-hybridized carbons (Fsp3) is 0.400. The number of anilines is 2. The Balaban J connectivity index is 1.37. The van der Waals surface area contributed by atoms with Crippen molar-refractivity contribution in [2.24, 2.45) is 7.05 Å². The lowest BCUT2D eigenvalue weighted by atomic mass is 9.89. The van der Waals surface area contributed by atoms with Crippen LogP contribution in [0.5, 0.6) is 0 Å². The molecule has 5 rings (SSSR count). The van der Waals surface area contributed by atoms with Crippen LogP contribution in [-0.2, 0) is 22.6 Å². The molecule has 160 valence electrons. The second-order valence-electron chi connectivity index (χ2n) is 8.17. The van der Waals surface area contributed by atoms with Crippen LogP contribution in [0.4, 0.5) is 11.6 Å². The summed E-state index contributed by atoms with van der Waals surface area (Å²) < 4.78 is 30.2. The maximum Gasteiger partial charge on any atom is 0.227 e. The Morgan fingerprint density at radius 3 is 2.77 bits per heavy atom. The highest BCUT2D eigenvalue weighted by atomic mass is 32.2. The number of nitrogens with zero attached hydrogens (tertiary/aromatic N) is 7. The third kappa shape index (κ3) is 3.58. The summed E-state index contributed by atoms with van der Waals surface area (Å²) in [5, 5.41) is 16.4. The Bertz CT molecular complexity index is 1260. The van der Waals surface area contributed by atoms with Crippen LogP contribution < -0.4 is 5.32 Å². The third-order valence-electron chi connectivity index (χ3n) is 5.81. The predicted octanol–water partition coefficient (Wildman–Crippen LogP) is 1.84. The quantitative estimate of drug-likeness (QED) is 0.597. The van der Waals surface area contributed by atoms with E-state index in [0.29, 0.717) is 19.0 Å². The lowest BCUT2D eigenvalue weighted by Crippen LogP contribution is -2.64. The normalized spacial score (nSPS) is 18.3. The molecule has 0 spiro atoms. The van der Waals surface area contributed by atoms with Crippen LogP contribution in [0, 0.1) is 11.3 Å². The van der Waals surface area contributed by atoms with Gasteiger partial charge in [0.25, 0.3) is 0 Å². The lowest BCUT2D eigenvalue weighted by Gasteiger charge is -2.49. The highest BCUT2D eigenvalue weighted by Gasteiger charge is 2.53. The van der Waals surface area contributed by atoms with Crippen LogP contribution >= 0.6 is 0 Å². The van der Waals surface area contributed by atoms with Crippen LogP contribution in [0.1, 0.15) is 19.3 Å². The molecule has 0 unspecified atom stereocenters. The smallest absolute Gasteiger partial charge is 0.227 e. The van der Waals surface area contributed by atoms with E-state index in [4.69, 9.17) is 0 Å². The van der Waals surface area contributed by atoms with Gasteiger partial charge in [0.15, 0.2) is 0 Å². The van der Waals surface area contributed by atoms with Gasteiger partial charge < -0.3 is 9.88 Å². The molecule has 2 fully saturated rings. The third-order valence-corrected chi connectivity index (χ3v) is 8.10. The van der Waals surface area contributed by atoms with Crippen molar-refractivity contribution in [3.63, 3.8) is 0 Å². The van der Waals surface area contributed by atoms with Gasteiger partial charge in [-0.3, -0.25) is 4.68 Å². The van der Waals surface area contributed by atoms with Crippen LogP contribution in [0.3, 0.4) is 0 Å². The van der Waals surface area contributed by atoms with E-state index >= 15 is 0 Å². The SMILES string of the molecule is Cn1cc(Nc2nccc(-c3ccn(C4(CC#N)CN(S(=O)(=O)C5CC5)C4)c3)n2)cn1. The molecule has 0 radical (unpaired) electrons. The molecular formula is C20H22N8O2S. The first-order valence-corrected chi connectivity index (χ1v) is 11.5. The summed E-state index contributed by atoms with van der Waals surface area (Å²) in [6.45, 7) is 0.649. The first kappa shape index (κ1) is 19.7. The molecule has 1 saturated carbocycles. The lowest BCUT2D eigenvalue weighted by molar-refractivity contribution is 0.0848. The number of rotatable bonds is 7. The molecule has 0 atom stereocenters. The minimum Gasteiger partial charge on any atom is -0.344 e. The van der Waals surface area contributed by atoms with Gasteiger partial charge in [0, 0.05) is 50.5 Å². The Hall–Kier alpha value is -3.23. The van der Waals surface area contributed by atoms with Gasteiger partial charge in [-0.05, 0) is 25.0 Å². The Kier molecular flexibility index (Phi) is 4.56. The van der Waals surface area contributed by atoms with Crippen LogP contribution in [0.25, 0.3) is 11.3 Å². The van der Waals surface area contributed by atoms with Crippen LogP contribution in [-0.4, -0.2) is 55.4 Å². The van der Waals surface area contributed by atoms with Gasteiger partial charge in [-0.1, -0.05) is 0 Å². The summed E-state index contributed by atoms with van der Waals surface area (Å²) in [5.41, 5.74) is 1.85. The fourth-order valence-electron chi connectivity index (χ4n) is 3.92. The maximum atomic E-state index is 12.5. The zero-order valence-electron chi connectivity index (χ0n) is 17.0. The molecule has 4 heterocycles. The molecule has 1 N–H and O–H groups in total. The zero-order chi connectivity index (χ0) is 21.6. The van der Waals surface area contributed by atoms with Crippen molar-refractivity contribution in [2.45, 2.75) is 30.1 Å². The topological polar surface area (TPSA) is 122 Å². The van der Waals surface area contributed by atoms with Gasteiger partial charge in [-0.2, -0.15) is 14.7 Å². The van der Waals surface area contributed by atoms with Gasteiger partial charge in [0.05, 0.1) is 40.9 Å². The Labute approximate surface area is 180 Å². The molecule has 1 aliphatic heterocycles. The zero-order valence-corrected chi connectivity index (χ0v) is 17.8. The molecular weight excluding hydrogens is 416 g/mol. The second kappa shape index (κ2) is 7.18. The maximum absolute atomic E-state index is 12.5. The molecule has 1 aliphatic carbocycles. The molecule has 11 heteroatoms. The van der Waals surface area contributed by atoms with Crippen LogP contribution in [0.15, 0.2) is 43.1 Å². The summed E-state index contributed by atoms with van der Waals surface area (Å²) in [6.07, 6.45) is 10.7. The Morgan fingerprint density at radius 2 is 2.10 bits per heavy atom. The molecule has 3 aromatic rings. The molecule has 0 amide bonds. The first-order valence-electron chi connectivity index (χ1n) is 10.0. The van der Waals surface area contributed by atoms with Gasteiger partial charge in [0.2, 0.25) is 16.0 Å². The number of aromatic nitrogens is 5. The van der Waals surface area contributed by atoms with Crippen molar-refractivity contribution >= 4 is 21.7 Å². The summed E-state index contributed by atoms with van der Waals surface area (Å²) >= 11 is 0. The molecule has 1 saturated heterocycles. The standard InChI is InChI=1S/C20H22N8O2S/c1-26-12-16(10-23-26)24-19-22-8-4-18(25-19)15-5-9-27(11-15)20(6-7-21)13-28(14-20)31(29,30)17-2-3-17/h4-5,8-12,17H,2-3,6,13-14H2,1H3,(H,22,24,25). The first-order chi connectivity index (χ1) is 14.9. The van der Waals surface area contributed by atoms with Crippen molar-refractivity contribution in [1.82, 2.24) is 28.6 Å². The number of sulfonamides is 1. The van der Waals surface area contributed by atoms with Crippen molar-refractivity contribution in [1.29, 1.82) is 5.26 Å². The number of hydrogen-bond acceptors (Lipinski definition) is 7. The molecule has 10 nitrogen and oxygen atoms in total. The minimum atomic E-state index is -3.23. The van der Waals surface area contributed by atoms with E-state index in [-0.39, 0.29) is 11.7 Å². The molecule has 3 aromatic heterocycles. The summed E-state index contributed by atoms with van der Waals surface area (Å²) in [4.78, 5) is 8.83.